The normalized spacial score (nSPS) is 11.6. The third-order valence-electron chi connectivity index (χ3n) is 10.3. The standard InChI is InChI=1S/C44H49N13O6/c1-6-56-33(19-26(3)52-56)41-48-25-31-30-21-28(39(46)58)23-35(63-18-12-16-61-5)37(30)54(42(31)50-41)14-9-10-15-55-38-32(22-29(40(47)59)24-36(38)62-17-11-8-13-45)49-44(55)51-43(60)34-20-27(4)53-57(34)7-2/h9-10,19-25H,6-8,11-12,14-18H2,1-5H3,(H2,46,58)(H2,47,59)(H,49,51,60)/b10-9+. The summed E-state index contributed by atoms with van der Waals surface area (Å²) in [6.45, 7) is 10.1. The molecule has 0 radical (unpaired) electrons. The van der Waals surface area contributed by atoms with Crippen LogP contribution in [0.5, 0.6) is 11.5 Å². The number of hydrogen-bond acceptors (Lipinski definition) is 12. The molecule has 0 saturated heterocycles. The molecule has 0 bridgehead atoms. The number of fused-ring (bicyclic) bond motifs is 4. The topological polar surface area (TPSA) is 251 Å². The van der Waals surface area contributed by atoms with Crippen molar-refractivity contribution in [3.8, 4) is 29.1 Å². The smallest absolute Gasteiger partial charge is 0.276 e. The first-order valence-corrected chi connectivity index (χ1v) is 20.6. The molecule has 5 heterocycles. The molecule has 0 unspecified atom stereocenters. The van der Waals surface area contributed by atoms with Gasteiger partial charge in [-0.1, -0.05) is 12.2 Å². The van der Waals surface area contributed by atoms with Crippen molar-refractivity contribution in [2.24, 2.45) is 11.5 Å². The molecular formula is C44H49N13O6. The van der Waals surface area contributed by atoms with Crippen molar-refractivity contribution in [1.29, 1.82) is 5.26 Å². The Balaban J connectivity index is 1.34. The summed E-state index contributed by atoms with van der Waals surface area (Å²) in [6, 6.07) is 12.2. The Kier molecular flexibility index (Phi) is 13.1. The molecule has 5 N–H and O–H groups in total. The Morgan fingerprint density at radius 2 is 1.44 bits per heavy atom. The predicted molar refractivity (Wildman–Crippen MR) is 235 cm³/mol. The molecule has 0 atom stereocenters. The molecule has 3 amide bonds. The number of nitrogens with zero attached hydrogens (tertiary/aromatic N) is 10. The van der Waals surface area contributed by atoms with E-state index in [1.54, 1.807) is 46.8 Å². The average Bonchev–Trinajstić information content (AvgIpc) is 4.03. The summed E-state index contributed by atoms with van der Waals surface area (Å²) in [6.07, 6.45) is 6.90. The van der Waals surface area contributed by atoms with Gasteiger partial charge in [0.1, 0.15) is 34.1 Å². The first-order chi connectivity index (χ1) is 30.5. The summed E-state index contributed by atoms with van der Waals surface area (Å²) in [5.41, 5.74) is 16.7. The third kappa shape index (κ3) is 9.06. The van der Waals surface area contributed by atoms with Gasteiger partial charge < -0.3 is 34.8 Å². The summed E-state index contributed by atoms with van der Waals surface area (Å²) in [7, 11) is 1.62. The van der Waals surface area contributed by atoms with E-state index in [1.165, 1.54) is 6.07 Å². The molecule has 2 aromatic carbocycles. The maximum absolute atomic E-state index is 13.8. The number of nitriles is 1. The van der Waals surface area contributed by atoms with Gasteiger partial charge in [0.25, 0.3) is 5.91 Å². The zero-order chi connectivity index (χ0) is 44.8. The number of aromatic nitrogens is 9. The van der Waals surface area contributed by atoms with E-state index in [2.05, 4.69) is 21.6 Å². The fourth-order valence-corrected chi connectivity index (χ4v) is 7.46. The number of hydrogen-bond donors (Lipinski definition) is 3. The first kappa shape index (κ1) is 43.5. The van der Waals surface area contributed by atoms with Crippen LogP contribution in [0, 0.1) is 25.2 Å². The highest BCUT2D eigenvalue weighted by molar-refractivity contribution is 6.12. The van der Waals surface area contributed by atoms with Crippen LogP contribution in [-0.4, -0.2) is 88.3 Å². The van der Waals surface area contributed by atoms with Crippen molar-refractivity contribution >= 4 is 56.6 Å². The molecule has 0 aliphatic rings. The minimum absolute atomic E-state index is 0.167. The number of imidazole rings is 1. The Labute approximate surface area is 362 Å². The van der Waals surface area contributed by atoms with Gasteiger partial charge in [-0.05, 0) is 70.5 Å². The van der Waals surface area contributed by atoms with Gasteiger partial charge >= 0.3 is 0 Å². The van der Waals surface area contributed by atoms with Crippen molar-refractivity contribution in [3.63, 3.8) is 0 Å². The van der Waals surface area contributed by atoms with Crippen LogP contribution in [0.3, 0.4) is 0 Å². The Hall–Kier alpha value is -7.59. The van der Waals surface area contributed by atoms with Gasteiger partial charge in [-0.3, -0.25) is 29.1 Å². The second-order valence-corrected chi connectivity index (χ2v) is 14.7. The van der Waals surface area contributed by atoms with Gasteiger partial charge in [0.15, 0.2) is 5.82 Å². The van der Waals surface area contributed by atoms with Gasteiger partial charge in [-0.2, -0.15) is 15.5 Å². The number of nitrogens with two attached hydrogens (primary N) is 2. The zero-order valence-corrected chi connectivity index (χ0v) is 35.8. The number of benzene rings is 2. The number of nitrogens with one attached hydrogen (secondary N) is 1. The lowest BCUT2D eigenvalue weighted by molar-refractivity contribution is 0.0991. The summed E-state index contributed by atoms with van der Waals surface area (Å²) < 4.78 is 25.0. The number of unbranched alkanes of at least 4 members (excludes halogenated alkanes) is 1. The molecule has 0 spiro atoms. The number of anilines is 1. The minimum atomic E-state index is -0.682. The van der Waals surface area contributed by atoms with E-state index >= 15 is 0 Å². The van der Waals surface area contributed by atoms with E-state index in [0.717, 1.165) is 11.4 Å². The van der Waals surface area contributed by atoms with Crippen molar-refractivity contribution in [3.05, 3.63) is 83.0 Å². The average molecular weight is 856 g/mol. The van der Waals surface area contributed by atoms with Crippen LogP contribution < -0.4 is 26.3 Å². The number of carbonyl (C=O) groups excluding carboxylic acids is 3. The molecule has 19 nitrogen and oxygen atoms in total. The van der Waals surface area contributed by atoms with Gasteiger partial charge in [-0.15, -0.1) is 0 Å². The van der Waals surface area contributed by atoms with Crippen LogP contribution in [0.25, 0.3) is 44.5 Å². The number of primary amides is 2. The fraction of sp³-hybridized carbons (Fsp3) is 0.341. The number of aryl methyl sites for hydroxylation is 4. The second-order valence-electron chi connectivity index (χ2n) is 14.7. The number of methoxy groups -OCH3 is 1. The highest BCUT2D eigenvalue weighted by atomic mass is 16.5. The van der Waals surface area contributed by atoms with E-state index in [-0.39, 0.29) is 43.2 Å². The first-order valence-electron chi connectivity index (χ1n) is 20.6. The molecule has 7 rings (SSSR count). The van der Waals surface area contributed by atoms with Crippen LogP contribution in [0.15, 0.2) is 54.7 Å². The molecule has 0 fully saturated rings. The molecule has 7 aromatic rings. The van der Waals surface area contributed by atoms with Crippen LogP contribution in [0.4, 0.5) is 5.95 Å². The second kappa shape index (κ2) is 19.0. The molecule has 19 heteroatoms. The lowest BCUT2D eigenvalue weighted by atomic mass is 10.1. The molecule has 0 saturated carbocycles. The van der Waals surface area contributed by atoms with Gasteiger partial charge in [0.05, 0.1) is 41.7 Å². The Bertz CT molecular complexity index is 2930. The Morgan fingerprint density at radius 1 is 0.794 bits per heavy atom. The minimum Gasteiger partial charge on any atom is -0.491 e. The zero-order valence-electron chi connectivity index (χ0n) is 35.8. The number of carbonyl (C=O) groups is 3. The molecule has 0 aliphatic carbocycles. The lowest BCUT2D eigenvalue weighted by Gasteiger charge is -2.13. The van der Waals surface area contributed by atoms with Crippen molar-refractivity contribution in [2.75, 3.05) is 32.2 Å². The van der Waals surface area contributed by atoms with Gasteiger partial charge in [-0.25, -0.2) is 15.0 Å². The van der Waals surface area contributed by atoms with Crippen LogP contribution in [-0.2, 0) is 30.9 Å². The molecule has 326 valence electrons. The largest absolute Gasteiger partial charge is 0.491 e. The summed E-state index contributed by atoms with van der Waals surface area (Å²) >= 11 is 0. The van der Waals surface area contributed by atoms with Crippen molar-refractivity contribution in [1.82, 2.24) is 43.6 Å². The van der Waals surface area contributed by atoms with E-state index in [0.29, 0.717) is 101 Å². The van der Waals surface area contributed by atoms with E-state index in [9.17, 15) is 14.4 Å². The monoisotopic (exact) mass is 855 g/mol. The predicted octanol–water partition coefficient (Wildman–Crippen LogP) is 5.46. The SMILES string of the molecule is CCn1nc(C)cc1C(=O)Nc1nc2cc(C(N)=O)cc(OCCCC#N)c2n1C/C=C/Cn1c2nc(-c3cc(C)nn3CC)ncc2c2cc(C(N)=O)cc(OCCCOC)c21. The summed E-state index contributed by atoms with van der Waals surface area (Å²) in [5.74, 6) is -0.317. The van der Waals surface area contributed by atoms with Crippen LogP contribution in [0.2, 0.25) is 0 Å². The molecule has 0 aliphatic heterocycles. The van der Waals surface area contributed by atoms with Crippen molar-refractivity contribution in [2.45, 2.75) is 73.1 Å². The number of amides is 3. The highest BCUT2D eigenvalue weighted by Crippen LogP contribution is 2.37. The van der Waals surface area contributed by atoms with Gasteiger partial charge in [0.2, 0.25) is 17.8 Å². The summed E-state index contributed by atoms with van der Waals surface area (Å²) in [4.78, 5) is 53.5. The summed E-state index contributed by atoms with van der Waals surface area (Å²) in [5, 5.41) is 22.5. The molecular weight excluding hydrogens is 807 g/mol. The molecule has 63 heavy (non-hydrogen) atoms. The quantitative estimate of drug-likeness (QED) is 0.0639. The lowest BCUT2D eigenvalue weighted by Crippen LogP contribution is -2.20. The highest BCUT2D eigenvalue weighted by Gasteiger charge is 2.23. The fourth-order valence-electron chi connectivity index (χ4n) is 7.46. The van der Waals surface area contributed by atoms with Crippen LogP contribution >= 0.6 is 0 Å². The number of allylic oxidation sites excluding steroid dienone is 2. The van der Waals surface area contributed by atoms with Crippen molar-refractivity contribution < 1.29 is 28.6 Å². The maximum Gasteiger partial charge on any atom is 0.276 e. The number of ether oxygens (including phenoxy) is 3. The third-order valence-corrected chi connectivity index (χ3v) is 10.3. The molecule has 5 aromatic heterocycles. The van der Waals surface area contributed by atoms with E-state index in [1.807, 2.05) is 55.2 Å². The number of rotatable bonds is 20. The maximum atomic E-state index is 13.8. The van der Waals surface area contributed by atoms with Gasteiger partial charge in [0, 0.05) is 80.8 Å². The Morgan fingerprint density at radius 3 is 2.13 bits per heavy atom. The van der Waals surface area contributed by atoms with E-state index < -0.39 is 17.7 Å². The van der Waals surface area contributed by atoms with Crippen LogP contribution in [0.1, 0.15) is 75.7 Å². The van der Waals surface area contributed by atoms with E-state index in [4.69, 9.17) is 45.9 Å².